The smallest absolute Gasteiger partial charge is 0.340 e. The van der Waals surface area contributed by atoms with Gasteiger partial charge in [-0.25, -0.2) is 4.79 Å². The molecule has 3 aromatic rings. The number of rotatable bonds is 4. The number of carbonyl (C=O) groups excluding carboxylic acids is 2. The van der Waals surface area contributed by atoms with E-state index in [-0.39, 0.29) is 12.5 Å². The van der Waals surface area contributed by atoms with Crippen molar-refractivity contribution in [3.8, 4) is 0 Å². The molecule has 126 valence electrons. The fourth-order valence-electron chi connectivity index (χ4n) is 3.30. The molecule has 1 amide bonds. The summed E-state index contributed by atoms with van der Waals surface area (Å²) in [5.74, 6) is -0.854. The summed E-state index contributed by atoms with van der Waals surface area (Å²) in [7, 11) is 0. The summed E-state index contributed by atoms with van der Waals surface area (Å²) in [6.45, 7) is -0.310. The number of ether oxygens (including phenoxy) is 1. The number of carbonyl (C=O) groups is 2. The van der Waals surface area contributed by atoms with Gasteiger partial charge in [-0.15, -0.1) is 0 Å². The van der Waals surface area contributed by atoms with Crippen molar-refractivity contribution < 1.29 is 14.3 Å². The van der Waals surface area contributed by atoms with E-state index in [0.717, 1.165) is 35.9 Å². The van der Waals surface area contributed by atoms with Gasteiger partial charge in [-0.05, 0) is 48.6 Å². The van der Waals surface area contributed by atoms with Crippen LogP contribution in [0, 0.1) is 0 Å². The van der Waals surface area contributed by atoms with Crippen molar-refractivity contribution in [3.05, 3.63) is 65.4 Å². The van der Waals surface area contributed by atoms with Gasteiger partial charge in [-0.3, -0.25) is 4.79 Å². The number of aryl methyl sites for hydroxylation is 2. The van der Waals surface area contributed by atoms with Crippen LogP contribution < -0.4 is 5.32 Å². The van der Waals surface area contributed by atoms with Gasteiger partial charge in [0, 0.05) is 22.8 Å². The van der Waals surface area contributed by atoms with Crippen LogP contribution in [0.4, 0.5) is 5.69 Å². The van der Waals surface area contributed by atoms with E-state index in [1.807, 2.05) is 36.4 Å². The van der Waals surface area contributed by atoms with Crippen LogP contribution in [0.2, 0.25) is 0 Å². The van der Waals surface area contributed by atoms with Crippen LogP contribution in [0.3, 0.4) is 0 Å². The molecule has 0 radical (unpaired) electrons. The van der Waals surface area contributed by atoms with Gasteiger partial charge >= 0.3 is 5.97 Å². The number of nitrogens with one attached hydrogen (secondary N) is 2. The molecule has 0 aliphatic heterocycles. The van der Waals surface area contributed by atoms with Crippen molar-refractivity contribution in [1.29, 1.82) is 0 Å². The molecule has 4 rings (SSSR count). The molecule has 2 aromatic carbocycles. The zero-order chi connectivity index (χ0) is 17.2. The highest BCUT2D eigenvalue weighted by atomic mass is 16.5. The minimum Gasteiger partial charge on any atom is -0.452 e. The third-order valence-corrected chi connectivity index (χ3v) is 4.53. The van der Waals surface area contributed by atoms with Crippen LogP contribution in [0.25, 0.3) is 10.9 Å². The molecule has 0 bridgehead atoms. The zero-order valence-corrected chi connectivity index (χ0v) is 13.7. The lowest BCUT2D eigenvalue weighted by molar-refractivity contribution is -0.119. The first-order chi connectivity index (χ1) is 12.2. The molecule has 1 aliphatic carbocycles. The average molecular weight is 334 g/mol. The highest BCUT2D eigenvalue weighted by molar-refractivity contribution is 6.05. The molecule has 1 aliphatic rings. The average Bonchev–Trinajstić information content (AvgIpc) is 3.26. The number of anilines is 1. The SMILES string of the molecule is O=C(COC(=O)c1c[nH]c2ccccc12)Nc1ccc2c(c1)CCC2. The number of esters is 1. The first-order valence-corrected chi connectivity index (χ1v) is 8.35. The molecule has 25 heavy (non-hydrogen) atoms. The molecule has 1 heterocycles. The van der Waals surface area contributed by atoms with Crippen LogP contribution in [-0.4, -0.2) is 23.5 Å². The molecule has 0 unspecified atom stereocenters. The normalized spacial score (nSPS) is 12.8. The van der Waals surface area contributed by atoms with E-state index in [0.29, 0.717) is 5.56 Å². The van der Waals surface area contributed by atoms with Gasteiger partial charge in [-0.1, -0.05) is 24.3 Å². The highest BCUT2D eigenvalue weighted by Crippen LogP contribution is 2.25. The number of fused-ring (bicyclic) bond motifs is 2. The zero-order valence-electron chi connectivity index (χ0n) is 13.7. The lowest BCUT2D eigenvalue weighted by Gasteiger charge is -2.08. The van der Waals surface area contributed by atoms with Gasteiger partial charge < -0.3 is 15.0 Å². The number of amides is 1. The second-order valence-corrected chi connectivity index (χ2v) is 6.21. The van der Waals surface area contributed by atoms with E-state index in [2.05, 4.69) is 16.4 Å². The molecule has 0 saturated heterocycles. The summed E-state index contributed by atoms with van der Waals surface area (Å²) in [6, 6.07) is 13.4. The molecule has 0 saturated carbocycles. The molecule has 0 fully saturated rings. The van der Waals surface area contributed by atoms with Crippen molar-refractivity contribution in [2.45, 2.75) is 19.3 Å². The first kappa shape index (κ1) is 15.4. The first-order valence-electron chi connectivity index (χ1n) is 8.35. The molecule has 5 nitrogen and oxygen atoms in total. The van der Waals surface area contributed by atoms with Crippen LogP contribution in [0.15, 0.2) is 48.7 Å². The third kappa shape index (κ3) is 3.13. The second-order valence-electron chi connectivity index (χ2n) is 6.21. The van der Waals surface area contributed by atoms with E-state index in [1.165, 1.54) is 11.1 Å². The van der Waals surface area contributed by atoms with Crippen LogP contribution in [-0.2, 0) is 22.4 Å². The number of aromatic amines is 1. The Balaban J connectivity index is 1.37. The van der Waals surface area contributed by atoms with E-state index >= 15 is 0 Å². The van der Waals surface area contributed by atoms with Gasteiger partial charge in [0.15, 0.2) is 6.61 Å². The summed E-state index contributed by atoms with van der Waals surface area (Å²) in [4.78, 5) is 27.3. The Morgan fingerprint density at radius 3 is 2.84 bits per heavy atom. The summed E-state index contributed by atoms with van der Waals surface area (Å²) < 4.78 is 5.15. The molecule has 1 aromatic heterocycles. The molecular formula is C20H18N2O3. The quantitative estimate of drug-likeness (QED) is 0.718. The Hall–Kier alpha value is -3.08. The fraction of sp³-hybridized carbons (Fsp3) is 0.200. The second kappa shape index (κ2) is 6.43. The minimum atomic E-state index is -0.512. The van der Waals surface area contributed by atoms with E-state index in [9.17, 15) is 9.59 Å². The number of hydrogen-bond acceptors (Lipinski definition) is 3. The van der Waals surface area contributed by atoms with Crippen molar-refractivity contribution in [2.24, 2.45) is 0 Å². The van der Waals surface area contributed by atoms with Crippen molar-refractivity contribution in [2.75, 3.05) is 11.9 Å². The topological polar surface area (TPSA) is 71.2 Å². The molecule has 2 N–H and O–H groups in total. The summed E-state index contributed by atoms with van der Waals surface area (Å²) in [5.41, 5.74) is 4.67. The van der Waals surface area contributed by atoms with Gasteiger partial charge in [0.1, 0.15) is 0 Å². The summed E-state index contributed by atoms with van der Waals surface area (Å²) in [5, 5.41) is 3.57. The molecule has 0 atom stereocenters. The van der Waals surface area contributed by atoms with Gasteiger partial charge in [0.25, 0.3) is 5.91 Å². The summed E-state index contributed by atoms with van der Waals surface area (Å²) >= 11 is 0. The number of aromatic nitrogens is 1. The van der Waals surface area contributed by atoms with Crippen LogP contribution in [0.1, 0.15) is 27.9 Å². The number of H-pyrrole nitrogens is 1. The molecule has 0 spiro atoms. The monoisotopic (exact) mass is 334 g/mol. The maximum absolute atomic E-state index is 12.2. The number of hydrogen-bond donors (Lipinski definition) is 2. The van der Waals surface area contributed by atoms with Crippen molar-refractivity contribution in [3.63, 3.8) is 0 Å². The van der Waals surface area contributed by atoms with Gasteiger partial charge in [0.05, 0.1) is 5.56 Å². The van der Waals surface area contributed by atoms with Crippen molar-refractivity contribution in [1.82, 2.24) is 4.98 Å². The largest absolute Gasteiger partial charge is 0.452 e. The fourth-order valence-corrected chi connectivity index (χ4v) is 3.30. The predicted molar refractivity (Wildman–Crippen MR) is 95.7 cm³/mol. The standard InChI is InChI=1S/C20H18N2O3/c23-19(22-15-9-8-13-4-3-5-14(13)10-15)12-25-20(24)17-11-21-18-7-2-1-6-16(17)18/h1-2,6-11,21H,3-5,12H2,(H,22,23). The van der Waals surface area contributed by atoms with Crippen molar-refractivity contribution >= 4 is 28.5 Å². The molecule has 5 heteroatoms. The lowest BCUT2D eigenvalue weighted by atomic mass is 10.1. The summed E-state index contributed by atoms with van der Waals surface area (Å²) in [6.07, 6.45) is 4.92. The van der Waals surface area contributed by atoms with E-state index in [4.69, 9.17) is 4.74 Å². The third-order valence-electron chi connectivity index (χ3n) is 4.53. The minimum absolute atomic E-state index is 0.310. The Kier molecular flexibility index (Phi) is 3.98. The maximum atomic E-state index is 12.2. The maximum Gasteiger partial charge on any atom is 0.340 e. The Labute approximate surface area is 145 Å². The Morgan fingerprint density at radius 2 is 1.92 bits per heavy atom. The predicted octanol–water partition coefficient (Wildman–Crippen LogP) is 3.45. The van der Waals surface area contributed by atoms with Crippen LogP contribution in [0.5, 0.6) is 0 Å². The Bertz CT molecular complexity index is 958. The number of benzene rings is 2. The number of para-hydroxylation sites is 1. The highest BCUT2D eigenvalue weighted by Gasteiger charge is 2.16. The van der Waals surface area contributed by atoms with Gasteiger partial charge in [0.2, 0.25) is 0 Å². The van der Waals surface area contributed by atoms with Crippen LogP contribution >= 0.6 is 0 Å². The van der Waals surface area contributed by atoms with Gasteiger partial charge in [-0.2, -0.15) is 0 Å². The molecular weight excluding hydrogens is 316 g/mol. The lowest BCUT2D eigenvalue weighted by Crippen LogP contribution is -2.20. The Morgan fingerprint density at radius 1 is 1.08 bits per heavy atom. The van der Waals surface area contributed by atoms with E-state index < -0.39 is 5.97 Å². The van der Waals surface area contributed by atoms with E-state index in [1.54, 1.807) is 6.20 Å².